The van der Waals surface area contributed by atoms with E-state index >= 15 is 0 Å². The lowest BCUT2D eigenvalue weighted by Gasteiger charge is -2.09. The van der Waals surface area contributed by atoms with Gasteiger partial charge in [0, 0.05) is 26.7 Å². The van der Waals surface area contributed by atoms with Gasteiger partial charge < -0.3 is 20.3 Å². The third kappa shape index (κ3) is 7.97. The minimum atomic E-state index is -0.529. The Kier molecular flexibility index (Phi) is 8.51. The molecule has 0 aromatic heterocycles. The Balaban J connectivity index is 3.30. The molecule has 0 aromatic carbocycles. The second-order valence-corrected chi connectivity index (χ2v) is 3.07. The highest BCUT2D eigenvalue weighted by Gasteiger charge is 2.04. The van der Waals surface area contributed by atoms with Crippen LogP contribution in [0, 0.1) is 0 Å². The summed E-state index contributed by atoms with van der Waals surface area (Å²) in [4.78, 5) is 11.0. The molecule has 1 atom stereocenters. The van der Waals surface area contributed by atoms with Gasteiger partial charge in [-0.05, 0) is 12.8 Å². The number of aliphatic hydroxyl groups is 2. The van der Waals surface area contributed by atoms with Crippen molar-refractivity contribution in [1.82, 2.24) is 5.32 Å². The van der Waals surface area contributed by atoms with Crippen molar-refractivity contribution < 1.29 is 19.7 Å². The summed E-state index contributed by atoms with van der Waals surface area (Å²) in [5, 5.41) is 20.3. The Labute approximate surface area is 84.1 Å². The molecule has 0 spiro atoms. The van der Waals surface area contributed by atoms with E-state index < -0.39 is 6.10 Å². The fourth-order valence-corrected chi connectivity index (χ4v) is 0.982. The van der Waals surface area contributed by atoms with Gasteiger partial charge in [0.05, 0.1) is 12.7 Å². The Bertz CT molecular complexity index is 152. The van der Waals surface area contributed by atoms with Crippen LogP contribution in [-0.2, 0) is 9.53 Å². The molecule has 0 heterocycles. The molecule has 5 heteroatoms. The van der Waals surface area contributed by atoms with Crippen LogP contribution in [0.5, 0.6) is 0 Å². The number of hydrogen-bond donors (Lipinski definition) is 3. The topological polar surface area (TPSA) is 78.8 Å². The van der Waals surface area contributed by atoms with E-state index in [0.29, 0.717) is 25.8 Å². The van der Waals surface area contributed by atoms with Crippen molar-refractivity contribution in [2.24, 2.45) is 0 Å². The van der Waals surface area contributed by atoms with Crippen LogP contribution < -0.4 is 5.32 Å². The SMILES string of the molecule is COCC(O)CCNC(=O)CCCO. The van der Waals surface area contributed by atoms with E-state index in [9.17, 15) is 9.90 Å². The van der Waals surface area contributed by atoms with Gasteiger partial charge in [-0.15, -0.1) is 0 Å². The smallest absolute Gasteiger partial charge is 0.220 e. The molecule has 0 aliphatic heterocycles. The first kappa shape index (κ1) is 13.4. The molecule has 5 nitrogen and oxygen atoms in total. The largest absolute Gasteiger partial charge is 0.396 e. The summed E-state index contributed by atoms with van der Waals surface area (Å²) >= 11 is 0. The minimum Gasteiger partial charge on any atom is -0.396 e. The van der Waals surface area contributed by atoms with E-state index in [2.05, 4.69) is 5.32 Å². The molecule has 3 N–H and O–H groups in total. The van der Waals surface area contributed by atoms with Crippen molar-refractivity contribution in [3.05, 3.63) is 0 Å². The zero-order chi connectivity index (χ0) is 10.8. The number of amides is 1. The van der Waals surface area contributed by atoms with E-state index in [1.807, 2.05) is 0 Å². The molecule has 1 amide bonds. The zero-order valence-electron chi connectivity index (χ0n) is 8.53. The molecule has 0 saturated heterocycles. The lowest BCUT2D eigenvalue weighted by atomic mass is 10.2. The third-order valence-corrected chi connectivity index (χ3v) is 1.72. The Hall–Kier alpha value is -0.650. The predicted octanol–water partition coefficient (Wildman–Crippen LogP) is -0.728. The number of carbonyl (C=O) groups is 1. The molecule has 0 radical (unpaired) electrons. The van der Waals surface area contributed by atoms with Crippen molar-refractivity contribution in [2.75, 3.05) is 26.9 Å². The molecular formula is C9H19NO4. The lowest BCUT2D eigenvalue weighted by molar-refractivity contribution is -0.121. The molecule has 0 aliphatic rings. The van der Waals surface area contributed by atoms with Crippen LogP contribution in [0.3, 0.4) is 0 Å². The number of rotatable bonds is 8. The summed E-state index contributed by atoms with van der Waals surface area (Å²) in [6.45, 7) is 0.751. The van der Waals surface area contributed by atoms with Crippen molar-refractivity contribution in [3.8, 4) is 0 Å². The average molecular weight is 205 g/mol. The first-order valence-electron chi connectivity index (χ1n) is 4.75. The summed E-state index contributed by atoms with van der Waals surface area (Å²) in [6, 6.07) is 0. The maximum absolute atomic E-state index is 11.0. The number of carbonyl (C=O) groups excluding carboxylic acids is 1. The Morgan fingerprint density at radius 2 is 2.29 bits per heavy atom. The van der Waals surface area contributed by atoms with Crippen LogP contribution in [0.25, 0.3) is 0 Å². The predicted molar refractivity (Wildman–Crippen MR) is 51.8 cm³/mol. The van der Waals surface area contributed by atoms with E-state index in [4.69, 9.17) is 9.84 Å². The third-order valence-electron chi connectivity index (χ3n) is 1.72. The van der Waals surface area contributed by atoms with Gasteiger partial charge in [0.25, 0.3) is 0 Å². The van der Waals surface area contributed by atoms with Gasteiger partial charge in [0.1, 0.15) is 0 Å². The van der Waals surface area contributed by atoms with E-state index in [1.165, 1.54) is 7.11 Å². The second-order valence-electron chi connectivity index (χ2n) is 3.07. The molecule has 0 aromatic rings. The molecule has 0 saturated carbocycles. The Morgan fingerprint density at radius 1 is 1.57 bits per heavy atom. The van der Waals surface area contributed by atoms with Gasteiger partial charge in [0.2, 0.25) is 5.91 Å². The van der Waals surface area contributed by atoms with Crippen LogP contribution in [0.2, 0.25) is 0 Å². The monoisotopic (exact) mass is 205 g/mol. The van der Waals surface area contributed by atoms with E-state index in [-0.39, 0.29) is 19.1 Å². The van der Waals surface area contributed by atoms with Gasteiger partial charge in [-0.1, -0.05) is 0 Å². The standard InChI is InChI=1S/C9H19NO4/c1-14-7-8(12)4-5-10-9(13)3-2-6-11/h8,11-12H,2-7H2,1H3,(H,10,13). The molecule has 84 valence electrons. The number of hydrogen-bond acceptors (Lipinski definition) is 4. The summed E-state index contributed by atoms with van der Waals surface area (Å²) in [6.07, 6.45) is 0.764. The van der Waals surface area contributed by atoms with Gasteiger partial charge >= 0.3 is 0 Å². The zero-order valence-corrected chi connectivity index (χ0v) is 8.53. The number of ether oxygens (including phenoxy) is 1. The normalized spacial score (nSPS) is 12.5. The minimum absolute atomic E-state index is 0.0275. The molecule has 1 unspecified atom stereocenters. The summed E-state index contributed by atoms with van der Waals surface area (Å²) in [7, 11) is 1.52. The van der Waals surface area contributed by atoms with Crippen molar-refractivity contribution in [2.45, 2.75) is 25.4 Å². The van der Waals surface area contributed by atoms with E-state index in [1.54, 1.807) is 0 Å². The van der Waals surface area contributed by atoms with E-state index in [0.717, 1.165) is 0 Å². The van der Waals surface area contributed by atoms with Crippen LogP contribution >= 0.6 is 0 Å². The molecular weight excluding hydrogens is 186 g/mol. The maximum Gasteiger partial charge on any atom is 0.220 e. The quantitative estimate of drug-likeness (QED) is 0.488. The molecule has 0 fully saturated rings. The number of aliphatic hydroxyl groups excluding tert-OH is 2. The van der Waals surface area contributed by atoms with Crippen molar-refractivity contribution >= 4 is 5.91 Å². The lowest BCUT2D eigenvalue weighted by Crippen LogP contribution is -2.28. The average Bonchev–Trinajstić information content (AvgIpc) is 2.15. The summed E-state index contributed by atoms with van der Waals surface area (Å²) in [5.74, 6) is -0.0938. The van der Waals surface area contributed by atoms with Crippen LogP contribution in [0.1, 0.15) is 19.3 Å². The first-order chi connectivity index (χ1) is 6.70. The highest BCUT2D eigenvalue weighted by Crippen LogP contribution is 1.91. The highest BCUT2D eigenvalue weighted by atomic mass is 16.5. The first-order valence-corrected chi connectivity index (χ1v) is 4.75. The second kappa shape index (κ2) is 8.93. The van der Waals surface area contributed by atoms with Gasteiger partial charge in [-0.3, -0.25) is 4.79 Å². The molecule has 14 heavy (non-hydrogen) atoms. The van der Waals surface area contributed by atoms with Crippen LogP contribution in [0.15, 0.2) is 0 Å². The summed E-state index contributed by atoms with van der Waals surface area (Å²) in [5.41, 5.74) is 0. The van der Waals surface area contributed by atoms with Crippen LogP contribution in [0.4, 0.5) is 0 Å². The Morgan fingerprint density at radius 3 is 2.86 bits per heavy atom. The van der Waals surface area contributed by atoms with Crippen LogP contribution in [-0.4, -0.2) is 49.1 Å². The van der Waals surface area contributed by atoms with Gasteiger partial charge in [0.15, 0.2) is 0 Å². The van der Waals surface area contributed by atoms with Crippen molar-refractivity contribution in [1.29, 1.82) is 0 Å². The van der Waals surface area contributed by atoms with Gasteiger partial charge in [-0.2, -0.15) is 0 Å². The highest BCUT2D eigenvalue weighted by molar-refractivity contribution is 5.75. The fourth-order valence-electron chi connectivity index (χ4n) is 0.982. The maximum atomic E-state index is 11.0. The number of methoxy groups -OCH3 is 1. The van der Waals surface area contributed by atoms with Crippen molar-refractivity contribution in [3.63, 3.8) is 0 Å². The van der Waals surface area contributed by atoms with Gasteiger partial charge in [-0.25, -0.2) is 0 Å². The molecule has 0 rings (SSSR count). The number of nitrogens with one attached hydrogen (secondary N) is 1. The molecule has 0 aliphatic carbocycles. The fraction of sp³-hybridized carbons (Fsp3) is 0.889. The summed E-state index contributed by atoms with van der Waals surface area (Å²) < 4.78 is 4.73. The molecule has 0 bridgehead atoms.